The van der Waals surface area contributed by atoms with E-state index in [1.165, 1.54) is 31.2 Å². The molecule has 21 heavy (non-hydrogen) atoms. The predicted molar refractivity (Wildman–Crippen MR) is 81.4 cm³/mol. The van der Waals surface area contributed by atoms with Gasteiger partial charge in [0.15, 0.2) is 0 Å². The van der Waals surface area contributed by atoms with Gasteiger partial charge in [0, 0.05) is 35.8 Å². The van der Waals surface area contributed by atoms with Crippen LogP contribution in [0.3, 0.4) is 0 Å². The van der Waals surface area contributed by atoms with Crippen LogP contribution in [-0.4, -0.2) is 26.9 Å². The molecule has 0 aliphatic heterocycles. The number of rotatable bonds is 3. The highest BCUT2D eigenvalue weighted by atomic mass is 16.5. The second-order valence-corrected chi connectivity index (χ2v) is 5.59. The lowest BCUT2D eigenvalue weighted by Crippen LogP contribution is -2.02. The molecular formula is C16H18N4O. The Balaban J connectivity index is 1.99. The van der Waals surface area contributed by atoms with Crippen LogP contribution in [0.1, 0.15) is 31.7 Å². The van der Waals surface area contributed by atoms with Crippen LogP contribution in [0.25, 0.3) is 22.0 Å². The third kappa shape index (κ3) is 1.92. The van der Waals surface area contributed by atoms with Crippen LogP contribution in [0, 0.1) is 0 Å². The largest absolute Gasteiger partial charge is 0.480 e. The number of nitrogens with one attached hydrogen (secondary N) is 1. The fourth-order valence-corrected chi connectivity index (χ4v) is 3.43. The van der Waals surface area contributed by atoms with Gasteiger partial charge in [-0.05, 0) is 18.9 Å². The summed E-state index contributed by atoms with van der Waals surface area (Å²) >= 11 is 0. The number of fused-ring (bicyclic) bond motifs is 1. The van der Waals surface area contributed by atoms with Crippen molar-refractivity contribution in [1.29, 1.82) is 0 Å². The number of aromatic amines is 1. The minimum absolute atomic E-state index is 0.584. The summed E-state index contributed by atoms with van der Waals surface area (Å²) < 4.78 is 7.88. The molecule has 3 aromatic rings. The smallest absolute Gasteiger partial charge is 0.223 e. The first-order valence-corrected chi connectivity index (χ1v) is 7.41. The minimum atomic E-state index is 0.584. The maximum Gasteiger partial charge on any atom is 0.223 e. The summed E-state index contributed by atoms with van der Waals surface area (Å²) in [6.45, 7) is 0. The number of ether oxygens (including phenoxy) is 1. The van der Waals surface area contributed by atoms with Crippen molar-refractivity contribution in [3.05, 3.63) is 30.9 Å². The molecule has 0 unspecified atom stereocenters. The molecule has 5 heteroatoms. The number of methoxy groups -OCH3 is 1. The third-order valence-electron chi connectivity index (χ3n) is 4.43. The lowest BCUT2D eigenvalue weighted by atomic mass is 10.1. The number of hydrogen-bond acceptors (Lipinski definition) is 3. The Bertz CT molecular complexity index is 754. The van der Waals surface area contributed by atoms with E-state index in [0.29, 0.717) is 11.9 Å². The molecule has 0 atom stereocenters. The molecule has 0 aromatic carbocycles. The van der Waals surface area contributed by atoms with Crippen molar-refractivity contribution in [2.24, 2.45) is 0 Å². The van der Waals surface area contributed by atoms with E-state index in [0.717, 1.165) is 16.5 Å². The van der Waals surface area contributed by atoms with Crippen LogP contribution < -0.4 is 4.74 Å². The molecule has 1 aliphatic carbocycles. The molecular weight excluding hydrogens is 264 g/mol. The molecule has 1 fully saturated rings. The number of nitrogens with zero attached hydrogens (tertiary/aromatic N) is 3. The summed E-state index contributed by atoms with van der Waals surface area (Å²) in [4.78, 5) is 4.37. The highest BCUT2D eigenvalue weighted by Crippen LogP contribution is 2.40. The summed E-state index contributed by atoms with van der Waals surface area (Å²) in [5.41, 5.74) is 3.41. The molecule has 1 aliphatic rings. The minimum Gasteiger partial charge on any atom is -0.480 e. The monoisotopic (exact) mass is 282 g/mol. The topological polar surface area (TPSA) is 55.7 Å². The first-order chi connectivity index (χ1) is 10.4. The molecule has 108 valence electrons. The van der Waals surface area contributed by atoms with Crippen molar-refractivity contribution < 1.29 is 4.74 Å². The SMILES string of the molecule is COc1nccc2c1c(-c1cn[nH]c1)cn2C1CCCC1. The van der Waals surface area contributed by atoms with Gasteiger partial charge in [-0.2, -0.15) is 5.10 Å². The fraction of sp³-hybridized carbons (Fsp3) is 0.375. The number of pyridine rings is 1. The normalized spacial score (nSPS) is 15.9. The Kier molecular flexibility index (Phi) is 2.91. The predicted octanol–water partition coefficient (Wildman–Crippen LogP) is 3.55. The van der Waals surface area contributed by atoms with E-state index < -0.39 is 0 Å². The maximum atomic E-state index is 5.49. The molecule has 5 nitrogen and oxygen atoms in total. The Morgan fingerprint density at radius 1 is 1.33 bits per heavy atom. The van der Waals surface area contributed by atoms with Crippen molar-refractivity contribution in [2.45, 2.75) is 31.7 Å². The van der Waals surface area contributed by atoms with E-state index in [9.17, 15) is 0 Å². The summed E-state index contributed by atoms with van der Waals surface area (Å²) in [5, 5.41) is 8.04. The number of H-pyrrole nitrogens is 1. The molecule has 0 amide bonds. The molecule has 1 N–H and O–H groups in total. The van der Waals surface area contributed by atoms with Gasteiger partial charge in [0.05, 0.1) is 24.2 Å². The van der Waals surface area contributed by atoms with Gasteiger partial charge in [0.2, 0.25) is 5.88 Å². The molecule has 0 radical (unpaired) electrons. The van der Waals surface area contributed by atoms with Crippen LogP contribution in [0.4, 0.5) is 0 Å². The quantitative estimate of drug-likeness (QED) is 0.799. The molecule has 4 rings (SSSR count). The van der Waals surface area contributed by atoms with Crippen molar-refractivity contribution >= 4 is 10.9 Å². The molecule has 0 saturated heterocycles. The van der Waals surface area contributed by atoms with Gasteiger partial charge in [0.25, 0.3) is 0 Å². The van der Waals surface area contributed by atoms with E-state index in [1.807, 2.05) is 18.6 Å². The lowest BCUT2D eigenvalue weighted by Gasteiger charge is -2.13. The maximum absolute atomic E-state index is 5.49. The van der Waals surface area contributed by atoms with Crippen LogP contribution >= 0.6 is 0 Å². The number of aromatic nitrogens is 4. The van der Waals surface area contributed by atoms with Crippen molar-refractivity contribution in [1.82, 2.24) is 19.7 Å². The van der Waals surface area contributed by atoms with E-state index in [-0.39, 0.29) is 0 Å². The lowest BCUT2D eigenvalue weighted by molar-refractivity contribution is 0.403. The van der Waals surface area contributed by atoms with E-state index in [2.05, 4.69) is 32.0 Å². The summed E-state index contributed by atoms with van der Waals surface area (Å²) in [6.07, 6.45) is 12.9. The Morgan fingerprint density at radius 3 is 2.90 bits per heavy atom. The molecule has 0 spiro atoms. The second kappa shape index (κ2) is 4.91. The Hall–Kier alpha value is -2.30. The van der Waals surface area contributed by atoms with Gasteiger partial charge in [0.1, 0.15) is 0 Å². The van der Waals surface area contributed by atoms with E-state index >= 15 is 0 Å². The summed E-state index contributed by atoms with van der Waals surface area (Å²) in [7, 11) is 1.67. The van der Waals surface area contributed by atoms with Gasteiger partial charge >= 0.3 is 0 Å². The zero-order valence-corrected chi connectivity index (χ0v) is 12.0. The average molecular weight is 282 g/mol. The Morgan fingerprint density at radius 2 is 2.19 bits per heavy atom. The average Bonchev–Trinajstić information content (AvgIpc) is 3.24. The highest BCUT2D eigenvalue weighted by Gasteiger charge is 2.22. The number of hydrogen-bond donors (Lipinski definition) is 1. The van der Waals surface area contributed by atoms with Gasteiger partial charge in [-0.25, -0.2) is 4.98 Å². The highest BCUT2D eigenvalue weighted by molar-refractivity contribution is 5.99. The summed E-state index contributed by atoms with van der Waals surface area (Å²) in [5.74, 6) is 0.681. The fourth-order valence-electron chi connectivity index (χ4n) is 3.43. The Labute approximate surface area is 123 Å². The van der Waals surface area contributed by atoms with Crippen molar-refractivity contribution in [2.75, 3.05) is 7.11 Å². The van der Waals surface area contributed by atoms with Crippen LogP contribution in [0.15, 0.2) is 30.9 Å². The second-order valence-electron chi connectivity index (χ2n) is 5.59. The van der Waals surface area contributed by atoms with Crippen molar-refractivity contribution in [3.63, 3.8) is 0 Å². The zero-order valence-electron chi connectivity index (χ0n) is 12.0. The van der Waals surface area contributed by atoms with Crippen LogP contribution in [0.2, 0.25) is 0 Å². The first kappa shape index (κ1) is 12.4. The standard InChI is InChI=1S/C16H18N4O/c1-21-16-15-13(11-8-18-19-9-11)10-20(12-4-2-3-5-12)14(15)6-7-17-16/h6-10,12H,2-5H2,1H3,(H,18,19). The summed E-state index contributed by atoms with van der Waals surface area (Å²) in [6, 6.07) is 2.67. The zero-order chi connectivity index (χ0) is 14.2. The molecule has 3 aromatic heterocycles. The third-order valence-corrected chi connectivity index (χ3v) is 4.43. The van der Waals surface area contributed by atoms with Crippen LogP contribution in [0.5, 0.6) is 5.88 Å². The van der Waals surface area contributed by atoms with E-state index in [4.69, 9.17) is 4.74 Å². The van der Waals surface area contributed by atoms with Gasteiger partial charge in [-0.15, -0.1) is 0 Å². The van der Waals surface area contributed by atoms with Crippen LogP contribution in [-0.2, 0) is 0 Å². The molecule has 0 bridgehead atoms. The van der Waals surface area contributed by atoms with Gasteiger partial charge in [-0.1, -0.05) is 12.8 Å². The van der Waals surface area contributed by atoms with Gasteiger partial charge in [-0.3, -0.25) is 5.10 Å². The van der Waals surface area contributed by atoms with Crippen molar-refractivity contribution in [3.8, 4) is 17.0 Å². The first-order valence-electron chi connectivity index (χ1n) is 7.41. The molecule has 1 saturated carbocycles. The van der Waals surface area contributed by atoms with Gasteiger partial charge < -0.3 is 9.30 Å². The van der Waals surface area contributed by atoms with E-state index in [1.54, 1.807) is 7.11 Å². The molecule has 3 heterocycles.